The number of aromatic nitrogens is 1. The van der Waals surface area contributed by atoms with E-state index in [4.69, 9.17) is 4.74 Å². The Labute approximate surface area is 195 Å². The fourth-order valence-electron chi connectivity index (χ4n) is 5.52. The van der Waals surface area contributed by atoms with Gasteiger partial charge in [-0.05, 0) is 43.4 Å². The first-order valence-electron chi connectivity index (χ1n) is 12.1. The van der Waals surface area contributed by atoms with Gasteiger partial charge in [0.05, 0.1) is 19.8 Å². The number of aliphatic hydroxyl groups excluding tert-OH is 1. The van der Waals surface area contributed by atoms with E-state index in [0.717, 1.165) is 48.0 Å². The number of carbonyl (C=O) groups excluding carboxylic acids is 2. The molecule has 2 aliphatic heterocycles. The zero-order chi connectivity index (χ0) is 23.6. The van der Waals surface area contributed by atoms with Crippen LogP contribution in [0.25, 0.3) is 10.9 Å². The number of aromatic amines is 1. The van der Waals surface area contributed by atoms with E-state index in [1.165, 1.54) is 5.56 Å². The van der Waals surface area contributed by atoms with Crippen molar-refractivity contribution in [3.8, 4) is 5.75 Å². The number of fused-ring (bicyclic) bond motifs is 4. The molecule has 0 unspecified atom stereocenters. The molecule has 3 heterocycles. The number of carbonyl (C=O) groups is 2. The fraction of sp³-hybridized carbons (Fsp3) is 0.600. The fourth-order valence-corrected chi connectivity index (χ4v) is 5.52. The summed E-state index contributed by atoms with van der Waals surface area (Å²) in [5.74, 6) is 0.831. The normalized spacial score (nSPS) is 19.6. The zero-order valence-electron chi connectivity index (χ0n) is 19.9. The van der Waals surface area contributed by atoms with Crippen LogP contribution < -0.4 is 10.1 Å². The molecule has 0 radical (unpaired) electrons. The third-order valence-corrected chi connectivity index (χ3v) is 7.24. The van der Waals surface area contributed by atoms with Gasteiger partial charge in [-0.25, -0.2) is 4.79 Å². The van der Waals surface area contributed by atoms with Gasteiger partial charge in [0, 0.05) is 60.7 Å². The van der Waals surface area contributed by atoms with E-state index in [9.17, 15) is 14.7 Å². The summed E-state index contributed by atoms with van der Waals surface area (Å²) in [5, 5.41) is 14.4. The first-order chi connectivity index (χ1) is 16.0. The standard InChI is InChI=1S/C25H36N4O4/c1-4-6-21(31)29-16-25(9-12-28(13-10-25)24(32)26-11-5-2)22-18-8-7-17(33-3)14-19(18)27-23(22)20(29)15-30/h7-8,14,20,27,30H,4-6,9-13,15-16H2,1-3H3,(H,26,32)/t20-/m1/s1. The number of nitrogens with zero attached hydrogens (tertiary/aromatic N) is 2. The van der Waals surface area contributed by atoms with Gasteiger partial charge in [-0.3, -0.25) is 4.79 Å². The molecule has 8 heteroatoms. The van der Waals surface area contributed by atoms with Crippen molar-refractivity contribution in [3.63, 3.8) is 0 Å². The number of amides is 3. The van der Waals surface area contributed by atoms with Crippen LogP contribution in [0, 0.1) is 0 Å². The lowest BCUT2D eigenvalue weighted by Crippen LogP contribution is -2.56. The SMILES string of the molecule is CCCNC(=O)N1CCC2(CC1)CN(C(=O)CCC)[C@H](CO)c1[nH]c3cc(OC)ccc3c12. The summed E-state index contributed by atoms with van der Waals surface area (Å²) in [6, 6.07) is 5.60. The highest BCUT2D eigenvalue weighted by molar-refractivity contribution is 5.89. The van der Waals surface area contributed by atoms with Gasteiger partial charge in [-0.1, -0.05) is 13.8 Å². The summed E-state index contributed by atoms with van der Waals surface area (Å²) in [6.07, 6.45) is 3.67. The van der Waals surface area contributed by atoms with E-state index in [1.54, 1.807) is 7.11 Å². The maximum absolute atomic E-state index is 13.1. The minimum absolute atomic E-state index is 0.0152. The molecule has 0 aliphatic carbocycles. The molecule has 0 bridgehead atoms. The van der Waals surface area contributed by atoms with Crippen molar-refractivity contribution in [1.82, 2.24) is 20.1 Å². The van der Waals surface area contributed by atoms with Crippen LogP contribution in [-0.4, -0.2) is 71.7 Å². The monoisotopic (exact) mass is 456 g/mol. The predicted octanol–water partition coefficient (Wildman–Crippen LogP) is 3.31. The van der Waals surface area contributed by atoms with Crippen LogP contribution in [0.5, 0.6) is 5.75 Å². The molecule has 1 saturated heterocycles. The van der Waals surface area contributed by atoms with Gasteiger partial charge in [-0.15, -0.1) is 0 Å². The van der Waals surface area contributed by atoms with Gasteiger partial charge in [0.15, 0.2) is 0 Å². The van der Waals surface area contributed by atoms with Crippen LogP contribution >= 0.6 is 0 Å². The maximum Gasteiger partial charge on any atom is 0.317 e. The molecule has 1 fully saturated rings. The van der Waals surface area contributed by atoms with Crippen LogP contribution in [0.4, 0.5) is 4.79 Å². The van der Waals surface area contributed by atoms with Crippen molar-refractivity contribution in [2.75, 3.05) is 39.9 Å². The van der Waals surface area contributed by atoms with Crippen LogP contribution in [0.1, 0.15) is 63.3 Å². The van der Waals surface area contributed by atoms with Crippen molar-refractivity contribution in [2.24, 2.45) is 0 Å². The highest BCUT2D eigenvalue weighted by Crippen LogP contribution is 2.49. The first-order valence-corrected chi connectivity index (χ1v) is 12.1. The maximum atomic E-state index is 13.1. The number of piperidine rings is 1. The Hall–Kier alpha value is -2.74. The number of H-pyrrole nitrogens is 1. The number of nitrogens with one attached hydrogen (secondary N) is 2. The van der Waals surface area contributed by atoms with Crippen LogP contribution in [0.2, 0.25) is 0 Å². The molecule has 8 nitrogen and oxygen atoms in total. The number of urea groups is 1. The Morgan fingerprint density at radius 3 is 2.64 bits per heavy atom. The van der Waals surface area contributed by atoms with Gasteiger partial charge in [-0.2, -0.15) is 0 Å². The molecule has 1 aromatic heterocycles. The summed E-state index contributed by atoms with van der Waals surface area (Å²) in [4.78, 5) is 33.0. The quantitative estimate of drug-likeness (QED) is 0.621. The Kier molecular flexibility index (Phi) is 6.83. The topological polar surface area (TPSA) is 97.9 Å². The molecular weight excluding hydrogens is 420 g/mol. The van der Waals surface area contributed by atoms with Gasteiger partial charge >= 0.3 is 6.03 Å². The average molecular weight is 457 g/mol. The van der Waals surface area contributed by atoms with Gasteiger partial charge in [0.1, 0.15) is 5.75 Å². The molecule has 1 atom stereocenters. The highest BCUT2D eigenvalue weighted by atomic mass is 16.5. The van der Waals surface area contributed by atoms with E-state index < -0.39 is 6.04 Å². The molecule has 3 amide bonds. The molecular formula is C25H36N4O4. The van der Waals surface area contributed by atoms with E-state index >= 15 is 0 Å². The summed E-state index contributed by atoms with van der Waals surface area (Å²) >= 11 is 0. The number of methoxy groups -OCH3 is 1. The highest BCUT2D eigenvalue weighted by Gasteiger charge is 2.48. The first kappa shape index (κ1) is 23.4. The number of likely N-dealkylation sites (tertiary alicyclic amines) is 1. The van der Waals surface area contributed by atoms with E-state index in [1.807, 2.05) is 35.8 Å². The molecule has 1 aromatic carbocycles. The second-order valence-corrected chi connectivity index (χ2v) is 9.29. The van der Waals surface area contributed by atoms with Crippen LogP contribution in [-0.2, 0) is 10.2 Å². The third-order valence-electron chi connectivity index (χ3n) is 7.24. The largest absolute Gasteiger partial charge is 0.497 e. The van der Waals surface area contributed by atoms with Crippen LogP contribution in [0.3, 0.4) is 0 Å². The molecule has 2 aromatic rings. The zero-order valence-corrected chi connectivity index (χ0v) is 19.9. The summed E-state index contributed by atoms with van der Waals surface area (Å²) < 4.78 is 5.42. The molecule has 180 valence electrons. The minimum atomic E-state index is -0.394. The number of hydrogen-bond donors (Lipinski definition) is 3. The number of aliphatic hydroxyl groups is 1. The van der Waals surface area contributed by atoms with Crippen molar-refractivity contribution in [1.29, 1.82) is 0 Å². The van der Waals surface area contributed by atoms with Gasteiger partial charge in [0.25, 0.3) is 0 Å². The second kappa shape index (κ2) is 9.63. The number of hydrogen-bond acceptors (Lipinski definition) is 4. The smallest absolute Gasteiger partial charge is 0.317 e. The average Bonchev–Trinajstić information content (AvgIpc) is 3.22. The van der Waals surface area contributed by atoms with Crippen molar-refractivity contribution >= 4 is 22.8 Å². The summed E-state index contributed by atoms with van der Waals surface area (Å²) in [6.45, 7) is 6.42. The molecule has 4 rings (SSSR count). The Bertz CT molecular complexity index is 1010. The number of ether oxygens (including phenoxy) is 1. The second-order valence-electron chi connectivity index (χ2n) is 9.29. The predicted molar refractivity (Wildman–Crippen MR) is 127 cm³/mol. The Balaban J connectivity index is 1.75. The molecule has 3 N–H and O–H groups in total. The number of benzene rings is 1. The Morgan fingerprint density at radius 2 is 2.00 bits per heavy atom. The lowest BCUT2D eigenvalue weighted by molar-refractivity contribution is -0.137. The third kappa shape index (κ3) is 4.16. The summed E-state index contributed by atoms with van der Waals surface area (Å²) in [5.41, 5.74) is 2.79. The Morgan fingerprint density at radius 1 is 1.24 bits per heavy atom. The number of rotatable bonds is 6. The van der Waals surface area contributed by atoms with E-state index in [0.29, 0.717) is 32.6 Å². The van der Waals surface area contributed by atoms with Crippen molar-refractivity contribution in [2.45, 2.75) is 57.4 Å². The molecule has 1 spiro atoms. The minimum Gasteiger partial charge on any atom is -0.497 e. The van der Waals surface area contributed by atoms with E-state index in [2.05, 4.69) is 16.4 Å². The lowest BCUT2D eigenvalue weighted by atomic mass is 9.68. The molecule has 0 saturated carbocycles. The molecule has 33 heavy (non-hydrogen) atoms. The van der Waals surface area contributed by atoms with E-state index in [-0.39, 0.29) is 24.0 Å². The van der Waals surface area contributed by atoms with Crippen molar-refractivity contribution < 1.29 is 19.4 Å². The summed E-state index contributed by atoms with van der Waals surface area (Å²) in [7, 11) is 1.65. The van der Waals surface area contributed by atoms with Gasteiger partial charge < -0.3 is 29.9 Å². The van der Waals surface area contributed by atoms with Crippen LogP contribution in [0.15, 0.2) is 18.2 Å². The van der Waals surface area contributed by atoms with Crippen molar-refractivity contribution in [3.05, 3.63) is 29.5 Å². The van der Waals surface area contributed by atoms with Gasteiger partial charge in [0.2, 0.25) is 5.91 Å². The lowest BCUT2D eigenvalue weighted by Gasteiger charge is -2.50. The molecule has 2 aliphatic rings.